The van der Waals surface area contributed by atoms with E-state index in [0.717, 1.165) is 23.4 Å². The van der Waals surface area contributed by atoms with Gasteiger partial charge in [-0.3, -0.25) is 0 Å². The number of rotatable bonds is 6. The summed E-state index contributed by atoms with van der Waals surface area (Å²) in [6.45, 7) is 3.04. The van der Waals surface area contributed by atoms with Crippen molar-refractivity contribution < 1.29 is 4.74 Å². The molecule has 2 unspecified atom stereocenters. The van der Waals surface area contributed by atoms with Crippen LogP contribution in [0.3, 0.4) is 0 Å². The average Bonchev–Trinajstić information content (AvgIpc) is 2.28. The second-order valence-corrected chi connectivity index (χ2v) is 5.26. The van der Waals surface area contributed by atoms with Gasteiger partial charge in [0.15, 0.2) is 0 Å². The molecule has 0 amide bonds. The lowest BCUT2D eigenvalue weighted by Gasteiger charge is -2.21. The lowest BCUT2D eigenvalue weighted by Crippen LogP contribution is -2.20. The molecule has 0 aliphatic heterocycles. The van der Waals surface area contributed by atoms with Gasteiger partial charge >= 0.3 is 0 Å². The molecule has 0 N–H and O–H groups in total. The van der Waals surface area contributed by atoms with E-state index in [1.54, 1.807) is 7.11 Å². The summed E-state index contributed by atoms with van der Waals surface area (Å²) in [5.74, 6) is 1.15. The molecule has 16 heavy (non-hydrogen) atoms. The SMILES string of the molecule is COCC(C)C(CBr)Cc1ccc(Cl)cc1. The first kappa shape index (κ1) is 14.0. The van der Waals surface area contributed by atoms with Crippen LogP contribution in [0.2, 0.25) is 5.02 Å². The molecule has 1 rings (SSSR count). The quantitative estimate of drug-likeness (QED) is 0.717. The maximum Gasteiger partial charge on any atom is 0.0490 e. The van der Waals surface area contributed by atoms with E-state index in [9.17, 15) is 0 Å². The Kier molecular flexibility index (Phi) is 6.40. The third-order valence-corrected chi connectivity index (χ3v) is 3.93. The summed E-state index contributed by atoms with van der Waals surface area (Å²) in [6, 6.07) is 8.08. The van der Waals surface area contributed by atoms with Gasteiger partial charge < -0.3 is 4.74 Å². The van der Waals surface area contributed by atoms with Crippen molar-refractivity contribution in [3.05, 3.63) is 34.9 Å². The highest BCUT2D eigenvalue weighted by Gasteiger charge is 2.16. The Balaban J connectivity index is 2.59. The molecule has 0 radical (unpaired) electrons. The minimum Gasteiger partial charge on any atom is -0.384 e. The van der Waals surface area contributed by atoms with Crippen LogP contribution in [-0.4, -0.2) is 19.0 Å². The predicted octanol–water partition coefficient (Wildman–Crippen LogP) is 4.18. The molecule has 0 fully saturated rings. The van der Waals surface area contributed by atoms with Crippen molar-refractivity contribution in [3.8, 4) is 0 Å². The molecule has 0 aromatic heterocycles. The topological polar surface area (TPSA) is 9.23 Å². The Bertz CT molecular complexity index is 299. The van der Waals surface area contributed by atoms with Gasteiger partial charge in [0.05, 0.1) is 0 Å². The fraction of sp³-hybridized carbons (Fsp3) is 0.538. The van der Waals surface area contributed by atoms with Crippen LogP contribution < -0.4 is 0 Å². The van der Waals surface area contributed by atoms with Gasteiger partial charge in [0, 0.05) is 24.1 Å². The highest BCUT2D eigenvalue weighted by molar-refractivity contribution is 9.09. The normalized spacial score (nSPS) is 14.8. The first-order chi connectivity index (χ1) is 7.67. The molecule has 0 aliphatic rings. The van der Waals surface area contributed by atoms with E-state index in [0.29, 0.717) is 11.8 Å². The van der Waals surface area contributed by atoms with Gasteiger partial charge in [-0.25, -0.2) is 0 Å². The van der Waals surface area contributed by atoms with Crippen molar-refractivity contribution in [2.75, 3.05) is 19.0 Å². The molecule has 3 heteroatoms. The molecule has 0 saturated heterocycles. The molecule has 1 nitrogen and oxygen atoms in total. The van der Waals surface area contributed by atoms with Gasteiger partial charge in [0.1, 0.15) is 0 Å². The molecule has 0 aliphatic carbocycles. The minimum absolute atomic E-state index is 0.556. The van der Waals surface area contributed by atoms with Crippen molar-refractivity contribution in [3.63, 3.8) is 0 Å². The highest BCUT2D eigenvalue weighted by atomic mass is 79.9. The maximum absolute atomic E-state index is 5.87. The van der Waals surface area contributed by atoms with Gasteiger partial charge in [-0.15, -0.1) is 0 Å². The van der Waals surface area contributed by atoms with Crippen molar-refractivity contribution in [2.45, 2.75) is 13.3 Å². The zero-order valence-electron chi connectivity index (χ0n) is 9.75. The van der Waals surface area contributed by atoms with Crippen molar-refractivity contribution in [1.29, 1.82) is 0 Å². The zero-order valence-corrected chi connectivity index (χ0v) is 12.1. The van der Waals surface area contributed by atoms with Crippen LogP contribution in [0.25, 0.3) is 0 Å². The second-order valence-electron chi connectivity index (χ2n) is 4.18. The Labute approximate surface area is 111 Å². The number of ether oxygens (including phenoxy) is 1. The maximum atomic E-state index is 5.87. The molecular weight excluding hydrogens is 287 g/mol. The standard InChI is InChI=1S/C13H18BrClO/c1-10(9-16-2)12(8-14)7-11-3-5-13(15)6-4-11/h3-6,10,12H,7-9H2,1-2H3. The monoisotopic (exact) mass is 304 g/mol. The van der Waals surface area contributed by atoms with E-state index in [4.69, 9.17) is 16.3 Å². The van der Waals surface area contributed by atoms with Crippen LogP contribution in [-0.2, 0) is 11.2 Å². The number of hydrogen-bond acceptors (Lipinski definition) is 1. The van der Waals surface area contributed by atoms with E-state index < -0.39 is 0 Å². The summed E-state index contributed by atoms with van der Waals surface area (Å²) in [7, 11) is 1.75. The number of benzene rings is 1. The van der Waals surface area contributed by atoms with Crippen molar-refractivity contribution >= 4 is 27.5 Å². The van der Waals surface area contributed by atoms with Gasteiger partial charge in [0.2, 0.25) is 0 Å². The van der Waals surface area contributed by atoms with E-state index in [1.165, 1.54) is 5.56 Å². The zero-order chi connectivity index (χ0) is 12.0. The highest BCUT2D eigenvalue weighted by Crippen LogP contribution is 2.21. The van der Waals surface area contributed by atoms with Crippen LogP contribution in [0.5, 0.6) is 0 Å². The summed E-state index contributed by atoms with van der Waals surface area (Å²) in [4.78, 5) is 0. The van der Waals surface area contributed by atoms with Gasteiger partial charge in [-0.05, 0) is 36.0 Å². The summed E-state index contributed by atoms with van der Waals surface area (Å²) < 4.78 is 5.20. The number of alkyl halides is 1. The van der Waals surface area contributed by atoms with Crippen molar-refractivity contribution in [2.24, 2.45) is 11.8 Å². The fourth-order valence-electron chi connectivity index (χ4n) is 1.73. The molecule has 1 aromatic carbocycles. The Morgan fingerprint density at radius 1 is 1.31 bits per heavy atom. The molecule has 0 saturated carbocycles. The molecule has 0 heterocycles. The van der Waals surface area contributed by atoms with E-state index in [-0.39, 0.29) is 0 Å². The smallest absolute Gasteiger partial charge is 0.0490 e. The lowest BCUT2D eigenvalue weighted by molar-refractivity contribution is 0.135. The van der Waals surface area contributed by atoms with E-state index >= 15 is 0 Å². The summed E-state index contributed by atoms with van der Waals surface area (Å²) in [5.41, 5.74) is 1.33. The Morgan fingerprint density at radius 3 is 2.44 bits per heavy atom. The molecule has 0 spiro atoms. The second kappa shape index (κ2) is 7.31. The Morgan fingerprint density at radius 2 is 1.94 bits per heavy atom. The van der Waals surface area contributed by atoms with Crippen LogP contribution >= 0.6 is 27.5 Å². The van der Waals surface area contributed by atoms with Gasteiger partial charge in [0.25, 0.3) is 0 Å². The number of halogens is 2. The van der Waals surface area contributed by atoms with Crippen LogP contribution in [0, 0.1) is 11.8 Å². The molecule has 0 bridgehead atoms. The van der Waals surface area contributed by atoms with E-state index in [2.05, 4.69) is 35.0 Å². The summed E-state index contributed by atoms with van der Waals surface area (Å²) in [5, 5.41) is 1.80. The number of hydrogen-bond donors (Lipinski definition) is 0. The molecule has 90 valence electrons. The molecule has 2 atom stereocenters. The molecule has 1 aromatic rings. The van der Waals surface area contributed by atoms with Crippen LogP contribution in [0.15, 0.2) is 24.3 Å². The fourth-order valence-corrected chi connectivity index (χ4v) is 2.72. The lowest BCUT2D eigenvalue weighted by atomic mass is 9.90. The summed E-state index contributed by atoms with van der Waals surface area (Å²) in [6.07, 6.45) is 1.06. The third-order valence-electron chi connectivity index (χ3n) is 2.84. The predicted molar refractivity (Wildman–Crippen MR) is 73.5 cm³/mol. The Hall–Kier alpha value is -0.0500. The minimum atomic E-state index is 0.556. The van der Waals surface area contributed by atoms with Gasteiger partial charge in [-0.2, -0.15) is 0 Å². The first-order valence-electron chi connectivity index (χ1n) is 5.46. The largest absolute Gasteiger partial charge is 0.384 e. The van der Waals surface area contributed by atoms with Gasteiger partial charge in [-0.1, -0.05) is 46.6 Å². The van der Waals surface area contributed by atoms with Crippen molar-refractivity contribution in [1.82, 2.24) is 0 Å². The summed E-state index contributed by atoms with van der Waals surface area (Å²) >= 11 is 9.44. The third kappa shape index (κ3) is 4.44. The van der Waals surface area contributed by atoms with E-state index in [1.807, 2.05) is 12.1 Å². The first-order valence-corrected chi connectivity index (χ1v) is 6.96. The van der Waals surface area contributed by atoms with Crippen LogP contribution in [0.4, 0.5) is 0 Å². The average molecular weight is 306 g/mol. The number of methoxy groups -OCH3 is 1. The molecular formula is C13H18BrClO. The van der Waals surface area contributed by atoms with Crippen LogP contribution in [0.1, 0.15) is 12.5 Å².